The highest BCUT2D eigenvalue weighted by Crippen LogP contribution is 2.21. The molecule has 9 heteroatoms. The fraction of sp³-hybridized carbons (Fsp3) is 0.355. The molecule has 2 amide bonds. The summed E-state index contributed by atoms with van der Waals surface area (Å²) < 4.78 is 27.5. The first-order valence-corrected chi connectivity index (χ1v) is 15.5. The van der Waals surface area contributed by atoms with Crippen molar-refractivity contribution >= 4 is 33.4 Å². The van der Waals surface area contributed by atoms with Crippen LogP contribution < -0.4 is 5.32 Å². The van der Waals surface area contributed by atoms with E-state index >= 15 is 0 Å². The van der Waals surface area contributed by atoms with Crippen molar-refractivity contribution in [3.05, 3.63) is 101 Å². The first-order valence-electron chi connectivity index (χ1n) is 13.6. The summed E-state index contributed by atoms with van der Waals surface area (Å²) in [5, 5.41) is 3.61. The summed E-state index contributed by atoms with van der Waals surface area (Å²) in [6, 6.07) is 24.1. The van der Waals surface area contributed by atoms with E-state index in [9.17, 15) is 18.0 Å². The highest BCUT2D eigenvalue weighted by molar-refractivity contribution is 7.89. The Hall–Kier alpha value is -3.20. The minimum Gasteiger partial charge on any atom is -0.352 e. The Morgan fingerprint density at radius 3 is 2.05 bits per heavy atom. The molecule has 0 aliphatic heterocycles. The van der Waals surface area contributed by atoms with Crippen molar-refractivity contribution in [2.45, 2.75) is 62.0 Å². The van der Waals surface area contributed by atoms with Gasteiger partial charge in [0.15, 0.2) is 0 Å². The largest absolute Gasteiger partial charge is 0.352 e. The smallest absolute Gasteiger partial charge is 0.243 e. The number of sulfonamides is 1. The molecule has 1 fully saturated rings. The number of carbonyl (C=O) groups excluding carboxylic acids is 2. The summed E-state index contributed by atoms with van der Waals surface area (Å²) in [5.41, 5.74) is 1.77. The van der Waals surface area contributed by atoms with Gasteiger partial charge in [-0.15, -0.1) is 0 Å². The van der Waals surface area contributed by atoms with Crippen LogP contribution in [-0.2, 0) is 32.6 Å². The van der Waals surface area contributed by atoms with E-state index in [4.69, 9.17) is 11.6 Å². The lowest BCUT2D eigenvalue weighted by Gasteiger charge is -2.34. The van der Waals surface area contributed by atoms with Gasteiger partial charge in [-0.2, -0.15) is 4.31 Å². The predicted octanol–water partition coefficient (Wildman–Crippen LogP) is 5.05. The van der Waals surface area contributed by atoms with Gasteiger partial charge in [-0.3, -0.25) is 9.59 Å². The van der Waals surface area contributed by atoms with Crippen LogP contribution in [0.5, 0.6) is 0 Å². The zero-order valence-corrected chi connectivity index (χ0v) is 24.3. The van der Waals surface area contributed by atoms with Crippen LogP contribution in [0.15, 0.2) is 89.8 Å². The first-order chi connectivity index (χ1) is 19.2. The number of nitrogens with zero attached hydrogens (tertiary/aromatic N) is 2. The summed E-state index contributed by atoms with van der Waals surface area (Å²) in [5.74, 6) is -0.674. The van der Waals surface area contributed by atoms with Gasteiger partial charge in [-0.1, -0.05) is 91.5 Å². The molecule has 3 aromatic carbocycles. The highest BCUT2D eigenvalue weighted by Gasteiger charge is 2.34. The molecular formula is C31H36ClN3O4S. The molecule has 7 nitrogen and oxygen atoms in total. The highest BCUT2D eigenvalue weighted by atomic mass is 35.5. The average Bonchev–Trinajstić information content (AvgIpc) is 2.96. The van der Waals surface area contributed by atoms with Gasteiger partial charge in [0, 0.05) is 31.1 Å². The maximum atomic E-state index is 13.9. The van der Waals surface area contributed by atoms with Crippen LogP contribution in [-0.4, -0.2) is 55.1 Å². The van der Waals surface area contributed by atoms with Gasteiger partial charge in [0.2, 0.25) is 21.8 Å². The van der Waals surface area contributed by atoms with Crippen molar-refractivity contribution in [1.29, 1.82) is 0 Å². The number of halogens is 1. The van der Waals surface area contributed by atoms with Gasteiger partial charge in [-0.05, 0) is 48.2 Å². The Labute approximate surface area is 242 Å². The quantitative estimate of drug-likeness (QED) is 0.343. The molecule has 1 N–H and O–H groups in total. The molecule has 0 spiro atoms. The predicted molar refractivity (Wildman–Crippen MR) is 157 cm³/mol. The Balaban J connectivity index is 1.64. The molecule has 1 atom stereocenters. The van der Waals surface area contributed by atoms with Crippen molar-refractivity contribution in [2.75, 3.05) is 13.6 Å². The maximum Gasteiger partial charge on any atom is 0.243 e. The number of amides is 2. The molecule has 0 aromatic heterocycles. The van der Waals surface area contributed by atoms with E-state index in [-0.39, 0.29) is 23.4 Å². The van der Waals surface area contributed by atoms with Gasteiger partial charge in [0.05, 0.1) is 11.4 Å². The van der Waals surface area contributed by atoms with Crippen LogP contribution in [0.25, 0.3) is 0 Å². The zero-order valence-electron chi connectivity index (χ0n) is 22.7. The molecule has 0 bridgehead atoms. The maximum absolute atomic E-state index is 13.9. The number of likely N-dealkylation sites (N-methyl/N-ethyl adjacent to an activating group) is 1. The molecule has 0 saturated heterocycles. The molecule has 40 heavy (non-hydrogen) atoms. The SMILES string of the molecule is CN(CC(=O)N(Cc1ccccc1)[C@@H](Cc1ccccc1)C(=O)NC1CCCCC1)S(=O)(=O)c1ccc(Cl)cc1. The fourth-order valence-corrected chi connectivity index (χ4v) is 6.28. The lowest BCUT2D eigenvalue weighted by Crippen LogP contribution is -2.54. The third kappa shape index (κ3) is 7.93. The van der Waals surface area contributed by atoms with E-state index in [0.717, 1.165) is 47.5 Å². The second-order valence-electron chi connectivity index (χ2n) is 10.3. The van der Waals surface area contributed by atoms with E-state index in [0.29, 0.717) is 11.4 Å². The van der Waals surface area contributed by atoms with Gasteiger partial charge in [-0.25, -0.2) is 8.42 Å². The molecule has 1 saturated carbocycles. The third-order valence-electron chi connectivity index (χ3n) is 7.30. The molecule has 0 heterocycles. The Morgan fingerprint density at radius 2 is 1.45 bits per heavy atom. The second kappa shape index (κ2) is 13.9. The number of hydrogen-bond acceptors (Lipinski definition) is 4. The van der Waals surface area contributed by atoms with E-state index in [1.165, 1.54) is 36.2 Å². The standard InChI is InChI=1S/C31H36ClN3O4S/c1-34(40(38,39)28-19-17-26(32)18-20-28)23-30(36)35(22-25-13-7-3-8-14-25)29(21-24-11-5-2-6-12-24)31(37)33-27-15-9-4-10-16-27/h2-3,5-8,11-14,17-20,27,29H,4,9-10,15-16,21-23H2,1H3,(H,33,37)/t29-/m0/s1. The molecule has 1 aliphatic carbocycles. The van der Waals surface area contributed by atoms with Crippen molar-refractivity contribution in [1.82, 2.24) is 14.5 Å². The average molecular weight is 582 g/mol. The van der Waals surface area contributed by atoms with E-state index in [2.05, 4.69) is 5.32 Å². The van der Waals surface area contributed by atoms with Crippen molar-refractivity contribution < 1.29 is 18.0 Å². The molecule has 212 valence electrons. The van der Waals surface area contributed by atoms with Gasteiger partial charge in [0.1, 0.15) is 6.04 Å². The molecule has 3 aromatic rings. The van der Waals surface area contributed by atoms with Crippen LogP contribution in [0.2, 0.25) is 5.02 Å². The molecule has 0 unspecified atom stereocenters. The Bertz CT molecular complexity index is 1360. The molecule has 1 aliphatic rings. The number of rotatable bonds is 11. The lowest BCUT2D eigenvalue weighted by molar-refractivity contribution is -0.141. The van der Waals surface area contributed by atoms with Crippen LogP contribution in [0.4, 0.5) is 0 Å². The van der Waals surface area contributed by atoms with Gasteiger partial charge in [0.25, 0.3) is 0 Å². The topological polar surface area (TPSA) is 86.8 Å². The minimum absolute atomic E-state index is 0.0395. The summed E-state index contributed by atoms with van der Waals surface area (Å²) in [6.45, 7) is -0.246. The minimum atomic E-state index is -3.96. The van der Waals surface area contributed by atoms with E-state index < -0.39 is 28.5 Å². The van der Waals surface area contributed by atoms with Crippen LogP contribution >= 0.6 is 11.6 Å². The summed E-state index contributed by atoms with van der Waals surface area (Å²) in [6.07, 6.45) is 5.43. The number of benzene rings is 3. The first kappa shape index (κ1) is 29.8. The normalized spacial score (nSPS) is 15.0. The van der Waals surface area contributed by atoms with Crippen LogP contribution in [0.3, 0.4) is 0 Å². The number of carbonyl (C=O) groups is 2. The number of hydrogen-bond donors (Lipinski definition) is 1. The second-order valence-corrected chi connectivity index (χ2v) is 12.8. The Kier molecular flexibility index (Phi) is 10.4. The molecule has 4 rings (SSSR count). The lowest BCUT2D eigenvalue weighted by atomic mass is 9.94. The number of nitrogens with one attached hydrogen (secondary N) is 1. The summed E-state index contributed by atoms with van der Waals surface area (Å²) in [7, 11) is -2.59. The molecular weight excluding hydrogens is 546 g/mol. The van der Waals surface area contributed by atoms with Crippen molar-refractivity contribution in [3.63, 3.8) is 0 Å². The van der Waals surface area contributed by atoms with E-state index in [1.54, 1.807) is 0 Å². The van der Waals surface area contributed by atoms with Gasteiger partial charge >= 0.3 is 0 Å². The van der Waals surface area contributed by atoms with Crippen LogP contribution in [0.1, 0.15) is 43.2 Å². The zero-order chi connectivity index (χ0) is 28.5. The van der Waals surface area contributed by atoms with E-state index in [1.807, 2.05) is 60.7 Å². The fourth-order valence-electron chi connectivity index (χ4n) is 5.03. The summed E-state index contributed by atoms with van der Waals surface area (Å²) in [4.78, 5) is 29.3. The van der Waals surface area contributed by atoms with Gasteiger partial charge < -0.3 is 10.2 Å². The molecule has 0 radical (unpaired) electrons. The third-order valence-corrected chi connectivity index (χ3v) is 9.37. The summed E-state index contributed by atoms with van der Waals surface area (Å²) >= 11 is 5.94. The Morgan fingerprint density at radius 1 is 0.875 bits per heavy atom. The van der Waals surface area contributed by atoms with Crippen LogP contribution in [0, 0.1) is 0 Å². The van der Waals surface area contributed by atoms with Crippen molar-refractivity contribution in [3.8, 4) is 0 Å². The monoisotopic (exact) mass is 581 g/mol. The van der Waals surface area contributed by atoms with Crippen molar-refractivity contribution in [2.24, 2.45) is 0 Å².